The number of nitrogens with one attached hydrogen (secondary N) is 2. The van der Waals surface area contributed by atoms with Gasteiger partial charge in [-0.15, -0.1) is 0 Å². The highest BCUT2D eigenvalue weighted by atomic mass is 32.2. The number of hydrazone groups is 1. The number of benzene rings is 3. The van der Waals surface area contributed by atoms with Crippen molar-refractivity contribution in [3.63, 3.8) is 0 Å². The smallest absolute Gasteiger partial charge is 0.295 e. The maximum atomic E-state index is 12.8. The van der Waals surface area contributed by atoms with Crippen LogP contribution in [-0.4, -0.2) is 48.0 Å². The zero-order chi connectivity index (χ0) is 26.3. The zero-order valence-corrected chi connectivity index (χ0v) is 20.7. The van der Waals surface area contributed by atoms with Crippen LogP contribution in [0.25, 0.3) is 0 Å². The number of nitro benzene ring substituents is 1. The lowest BCUT2D eigenvalue weighted by Crippen LogP contribution is -2.13. The number of rotatable bonds is 11. The van der Waals surface area contributed by atoms with Crippen molar-refractivity contribution in [1.29, 1.82) is 0 Å². The number of anilines is 2. The monoisotopic (exact) mass is 516 g/mol. The van der Waals surface area contributed by atoms with Gasteiger partial charge in [0.05, 0.1) is 44.5 Å². The van der Waals surface area contributed by atoms with Crippen LogP contribution < -0.4 is 29.1 Å². The van der Waals surface area contributed by atoms with E-state index < -0.39 is 20.6 Å². The Hall–Kier alpha value is -4.52. The molecule has 0 aromatic heterocycles. The third-order valence-electron chi connectivity index (χ3n) is 4.94. The van der Waals surface area contributed by atoms with Gasteiger partial charge in [-0.05, 0) is 48.5 Å². The minimum Gasteiger partial charge on any atom is -0.497 e. The fraction of sp³-hybridized carbons (Fsp3) is 0.174. The third-order valence-corrected chi connectivity index (χ3v) is 6.32. The Balaban J connectivity index is 1.86. The number of nitrogens with zero attached hydrogens (tertiary/aromatic N) is 2. The molecule has 36 heavy (non-hydrogen) atoms. The van der Waals surface area contributed by atoms with Gasteiger partial charge in [0.25, 0.3) is 15.7 Å². The molecular formula is C23H24N4O8S. The van der Waals surface area contributed by atoms with E-state index in [-0.39, 0.29) is 16.3 Å². The van der Waals surface area contributed by atoms with Gasteiger partial charge in [0.15, 0.2) is 11.5 Å². The van der Waals surface area contributed by atoms with Gasteiger partial charge in [0, 0.05) is 17.3 Å². The van der Waals surface area contributed by atoms with Crippen molar-refractivity contribution < 1.29 is 32.3 Å². The van der Waals surface area contributed by atoms with E-state index in [2.05, 4.69) is 15.2 Å². The van der Waals surface area contributed by atoms with Crippen LogP contribution in [0.4, 0.5) is 17.1 Å². The summed E-state index contributed by atoms with van der Waals surface area (Å²) < 4.78 is 48.9. The van der Waals surface area contributed by atoms with Crippen molar-refractivity contribution in [3.8, 4) is 23.0 Å². The molecule has 3 aromatic carbocycles. The number of hydrogen-bond acceptors (Lipinski definition) is 10. The molecule has 0 bridgehead atoms. The molecule has 0 spiro atoms. The normalized spacial score (nSPS) is 11.1. The summed E-state index contributed by atoms with van der Waals surface area (Å²) in [6.07, 6.45) is 1.38. The van der Waals surface area contributed by atoms with E-state index in [0.717, 1.165) is 6.07 Å². The third kappa shape index (κ3) is 5.75. The molecule has 0 fully saturated rings. The van der Waals surface area contributed by atoms with Gasteiger partial charge < -0.3 is 18.9 Å². The summed E-state index contributed by atoms with van der Waals surface area (Å²) in [5, 5.41) is 15.7. The van der Waals surface area contributed by atoms with Crippen LogP contribution in [0.1, 0.15) is 5.56 Å². The van der Waals surface area contributed by atoms with Crippen LogP contribution in [0, 0.1) is 10.1 Å². The van der Waals surface area contributed by atoms with Gasteiger partial charge in [0.2, 0.25) is 5.75 Å². The maximum absolute atomic E-state index is 12.8. The Kier molecular flexibility index (Phi) is 8.17. The lowest BCUT2D eigenvalue weighted by atomic mass is 10.2. The summed E-state index contributed by atoms with van der Waals surface area (Å²) in [4.78, 5) is 10.7. The van der Waals surface area contributed by atoms with Crippen LogP contribution in [0.5, 0.6) is 23.0 Å². The first-order valence-corrected chi connectivity index (χ1v) is 11.8. The Labute approximate surface area is 207 Å². The second kappa shape index (κ2) is 11.3. The standard InChI is InChI=1S/C23H24N4O8S/c1-32-17-8-6-16(7-9-17)26-36(30,31)18-10-11-19(20(13-18)27(28)29)25-24-14-15-5-12-21(33-2)23(35-4)22(15)34-3/h5-14,25-26H,1-4H3/b24-14-. The van der Waals surface area contributed by atoms with Gasteiger partial charge in [0.1, 0.15) is 11.4 Å². The van der Waals surface area contributed by atoms with E-state index in [1.807, 2.05) is 0 Å². The molecule has 0 saturated carbocycles. The number of hydrogen-bond donors (Lipinski definition) is 2. The molecule has 0 aliphatic carbocycles. The highest BCUT2D eigenvalue weighted by molar-refractivity contribution is 7.92. The number of sulfonamides is 1. The molecule has 0 amide bonds. The summed E-state index contributed by atoms with van der Waals surface area (Å²) in [5.41, 5.74) is 2.86. The van der Waals surface area contributed by atoms with E-state index in [4.69, 9.17) is 18.9 Å². The first-order chi connectivity index (χ1) is 17.2. The van der Waals surface area contributed by atoms with Crippen LogP contribution >= 0.6 is 0 Å². The first-order valence-electron chi connectivity index (χ1n) is 10.3. The largest absolute Gasteiger partial charge is 0.497 e. The summed E-state index contributed by atoms with van der Waals surface area (Å²) in [5.74, 6) is 1.71. The molecule has 190 valence electrons. The lowest BCUT2D eigenvalue weighted by molar-refractivity contribution is -0.384. The topological polar surface area (TPSA) is 151 Å². The highest BCUT2D eigenvalue weighted by Crippen LogP contribution is 2.39. The number of methoxy groups -OCH3 is 4. The summed E-state index contributed by atoms with van der Waals surface area (Å²) >= 11 is 0. The van der Waals surface area contributed by atoms with Gasteiger partial charge >= 0.3 is 0 Å². The van der Waals surface area contributed by atoms with Crippen molar-refractivity contribution in [2.75, 3.05) is 38.6 Å². The van der Waals surface area contributed by atoms with E-state index in [9.17, 15) is 18.5 Å². The Bertz CT molecular complexity index is 1380. The molecule has 0 heterocycles. The van der Waals surface area contributed by atoms with Crippen LogP contribution in [-0.2, 0) is 10.0 Å². The second-order valence-electron chi connectivity index (χ2n) is 7.06. The molecule has 2 N–H and O–H groups in total. The minimum absolute atomic E-state index is 0.0147. The molecule has 13 heteroatoms. The van der Waals surface area contributed by atoms with Gasteiger partial charge in [-0.1, -0.05) is 0 Å². The molecule has 12 nitrogen and oxygen atoms in total. The molecule has 0 atom stereocenters. The molecule has 0 unspecified atom stereocenters. The van der Waals surface area contributed by atoms with E-state index in [1.165, 1.54) is 58.9 Å². The average molecular weight is 517 g/mol. The minimum atomic E-state index is -4.10. The van der Waals surface area contributed by atoms with E-state index >= 15 is 0 Å². The van der Waals surface area contributed by atoms with Crippen molar-refractivity contribution in [3.05, 3.63) is 70.3 Å². The second-order valence-corrected chi connectivity index (χ2v) is 8.75. The van der Waals surface area contributed by atoms with Gasteiger partial charge in [-0.25, -0.2) is 8.42 Å². The summed E-state index contributed by atoms with van der Waals surface area (Å²) in [6.45, 7) is 0. The maximum Gasteiger partial charge on any atom is 0.295 e. The molecule has 0 aliphatic rings. The molecule has 0 saturated heterocycles. The van der Waals surface area contributed by atoms with Crippen LogP contribution in [0.3, 0.4) is 0 Å². The molecule has 3 aromatic rings. The Morgan fingerprint density at radius 1 is 0.889 bits per heavy atom. The quantitative estimate of drug-likeness (QED) is 0.220. The van der Waals surface area contributed by atoms with E-state index in [1.54, 1.807) is 24.3 Å². The number of nitro groups is 1. The van der Waals surface area contributed by atoms with Crippen LogP contribution in [0.2, 0.25) is 0 Å². The first kappa shape index (κ1) is 26.1. The molecule has 0 radical (unpaired) electrons. The van der Waals surface area contributed by atoms with Crippen molar-refractivity contribution >= 4 is 33.3 Å². The SMILES string of the molecule is COc1ccc(NS(=O)(=O)c2ccc(N/N=C\c3ccc(OC)c(OC)c3OC)c([N+](=O)[O-])c2)cc1. The highest BCUT2D eigenvalue weighted by Gasteiger charge is 2.22. The van der Waals surface area contributed by atoms with Crippen molar-refractivity contribution in [2.24, 2.45) is 5.10 Å². The van der Waals surface area contributed by atoms with Gasteiger partial charge in [-0.2, -0.15) is 5.10 Å². The van der Waals surface area contributed by atoms with Crippen molar-refractivity contribution in [2.45, 2.75) is 4.90 Å². The van der Waals surface area contributed by atoms with Crippen LogP contribution in [0.15, 0.2) is 64.6 Å². The Morgan fingerprint density at radius 2 is 1.58 bits per heavy atom. The van der Waals surface area contributed by atoms with Gasteiger partial charge in [-0.3, -0.25) is 20.3 Å². The fourth-order valence-corrected chi connectivity index (χ4v) is 4.27. The summed E-state index contributed by atoms with van der Waals surface area (Å²) in [6, 6.07) is 12.9. The lowest BCUT2D eigenvalue weighted by Gasteiger charge is -2.13. The predicted molar refractivity (Wildman–Crippen MR) is 134 cm³/mol. The summed E-state index contributed by atoms with van der Waals surface area (Å²) in [7, 11) is 1.79. The molecular weight excluding hydrogens is 492 g/mol. The predicted octanol–water partition coefficient (Wildman–Crippen LogP) is 3.88. The Morgan fingerprint density at radius 3 is 2.17 bits per heavy atom. The fourth-order valence-electron chi connectivity index (χ4n) is 3.19. The number of ether oxygens (including phenoxy) is 4. The molecule has 3 rings (SSSR count). The van der Waals surface area contributed by atoms with Crippen molar-refractivity contribution in [1.82, 2.24) is 0 Å². The zero-order valence-electron chi connectivity index (χ0n) is 19.8. The molecule has 0 aliphatic heterocycles. The average Bonchev–Trinajstić information content (AvgIpc) is 2.88. The van der Waals surface area contributed by atoms with E-state index in [0.29, 0.717) is 28.6 Å².